The zero-order valence-corrected chi connectivity index (χ0v) is 9.87. The molecule has 1 aliphatic rings. The van der Waals surface area contributed by atoms with E-state index in [0.717, 1.165) is 12.8 Å². The lowest BCUT2D eigenvalue weighted by atomic mass is 10.1. The second-order valence-corrected chi connectivity index (χ2v) is 5.24. The van der Waals surface area contributed by atoms with Gasteiger partial charge in [-0.2, -0.15) is 8.42 Å². The van der Waals surface area contributed by atoms with Gasteiger partial charge in [0.1, 0.15) is 0 Å². The zero-order chi connectivity index (χ0) is 12.2. The third kappa shape index (κ3) is 4.71. The first-order chi connectivity index (χ1) is 7.40. The number of fused-ring (bicyclic) bond motifs is 1. The molecule has 0 saturated carbocycles. The summed E-state index contributed by atoms with van der Waals surface area (Å²) in [6, 6.07) is 8.96. The van der Waals surface area contributed by atoms with Crippen LogP contribution in [-0.2, 0) is 23.0 Å². The molecule has 0 unspecified atom stereocenters. The van der Waals surface area contributed by atoms with Crippen LogP contribution in [0.4, 0.5) is 0 Å². The molecule has 0 saturated heterocycles. The van der Waals surface area contributed by atoms with Crippen molar-refractivity contribution in [2.75, 3.05) is 6.26 Å². The molecule has 0 fully saturated rings. The van der Waals surface area contributed by atoms with Gasteiger partial charge in [0, 0.05) is 6.04 Å². The topological polar surface area (TPSA) is 92.4 Å². The van der Waals surface area contributed by atoms with Gasteiger partial charge in [0.15, 0.2) is 0 Å². The summed E-state index contributed by atoms with van der Waals surface area (Å²) in [6.45, 7) is 0. The summed E-state index contributed by atoms with van der Waals surface area (Å²) >= 11 is 0. The Kier molecular flexibility index (Phi) is 4.43. The molecule has 4 N–H and O–H groups in total. The van der Waals surface area contributed by atoms with Gasteiger partial charge < -0.3 is 0 Å². The van der Waals surface area contributed by atoms with E-state index in [1.54, 1.807) is 0 Å². The number of nitrogens with two attached hydrogens (primary N) is 1. The van der Waals surface area contributed by atoms with Gasteiger partial charge in [-0.15, -0.1) is 0 Å². The van der Waals surface area contributed by atoms with E-state index in [2.05, 4.69) is 29.7 Å². The number of hydrazine groups is 1. The number of benzene rings is 1. The maximum atomic E-state index is 9.19. The molecule has 1 aliphatic carbocycles. The standard InChI is InChI=1S/C9H12N2.CH4O3S/c10-11-9-5-7-3-1-2-4-8(7)6-9;1-5(2,3)4/h1-4,9,11H,5-6,10H2;1H3,(H,2,3,4). The molecule has 16 heavy (non-hydrogen) atoms. The Hall–Kier alpha value is -0.950. The number of hydrogen-bond acceptors (Lipinski definition) is 4. The number of nitrogens with one attached hydrogen (secondary N) is 1. The Morgan fingerprint density at radius 1 is 1.31 bits per heavy atom. The Morgan fingerprint density at radius 3 is 2.00 bits per heavy atom. The highest BCUT2D eigenvalue weighted by Gasteiger charge is 2.18. The van der Waals surface area contributed by atoms with Crippen LogP contribution in [0.3, 0.4) is 0 Å². The zero-order valence-electron chi connectivity index (χ0n) is 9.05. The van der Waals surface area contributed by atoms with Gasteiger partial charge >= 0.3 is 0 Å². The Bertz CT molecular complexity index is 412. The van der Waals surface area contributed by atoms with Crippen LogP contribution in [0.15, 0.2) is 24.3 Å². The average Bonchev–Trinajstić information content (AvgIpc) is 2.57. The van der Waals surface area contributed by atoms with Gasteiger partial charge in [0.25, 0.3) is 10.1 Å². The summed E-state index contributed by atoms with van der Waals surface area (Å²) < 4.78 is 25.9. The normalized spacial score (nSPS) is 15.2. The predicted molar refractivity (Wildman–Crippen MR) is 62.4 cm³/mol. The molecule has 5 nitrogen and oxygen atoms in total. The van der Waals surface area contributed by atoms with E-state index >= 15 is 0 Å². The lowest BCUT2D eigenvalue weighted by Crippen LogP contribution is -2.35. The molecular formula is C10H16N2O3S. The summed E-state index contributed by atoms with van der Waals surface area (Å²) in [5, 5.41) is 0. The molecule has 1 aromatic rings. The van der Waals surface area contributed by atoms with Crippen LogP contribution in [-0.4, -0.2) is 25.3 Å². The van der Waals surface area contributed by atoms with E-state index in [1.165, 1.54) is 11.1 Å². The summed E-state index contributed by atoms with van der Waals surface area (Å²) in [6.07, 6.45) is 2.87. The van der Waals surface area contributed by atoms with Gasteiger partial charge in [-0.1, -0.05) is 24.3 Å². The Labute approximate surface area is 95.4 Å². The highest BCUT2D eigenvalue weighted by Crippen LogP contribution is 2.20. The quantitative estimate of drug-likeness (QED) is 0.371. The van der Waals surface area contributed by atoms with Crippen LogP contribution >= 0.6 is 0 Å². The van der Waals surface area contributed by atoms with Gasteiger partial charge in [-0.05, 0) is 24.0 Å². The Balaban J connectivity index is 0.000000221. The lowest BCUT2D eigenvalue weighted by Gasteiger charge is -2.03. The van der Waals surface area contributed by atoms with Gasteiger partial charge in [-0.3, -0.25) is 15.8 Å². The van der Waals surface area contributed by atoms with Gasteiger partial charge in [0.2, 0.25) is 0 Å². The van der Waals surface area contributed by atoms with E-state index in [9.17, 15) is 8.42 Å². The van der Waals surface area contributed by atoms with Crippen LogP contribution in [0, 0.1) is 0 Å². The first-order valence-electron chi connectivity index (χ1n) is 4.85. The fourth-order valence-electron chi connectivity index (χ4n) is 1.68. The van der Waals surface area contributed by atoms with Crippen molar-refractivity contribution in [3.63, 3.8) is 0 Å². The molecule has 90 valence electrons. The number of hydrogen-bond donors (Lipinski definition) is 3. The van der Waals surface area contributed by atoms with Gasteiger partial charge in [-0.25, -0.2) is 0 Å². The molecule has 0 amide bonds. The Morgan fingerprint density at radius 2 is 1.69 bits per heavy atom. The maximum absolute atomic E-state index is 9.19. The molecule has 0 spiro atoms. The molecule has 0 aromatic heterocycles. The van der Waals surface area contributed by atoms with E-state index in [0.29, 0.717) is 12.3 Å². The van der Waals surface area contributed by atoms with Crippen molar-refractivity contribution in [3.8, 4) is 0 Å². The van der Waals surface area contributed by atoms with Crippen molar-refractivity contribution in [1.29, 1.82) is 0 Å². The summed E-state index contributed by atoms with van der Waals surface area (Å²) in [7, 11) is -3.67. The van der Waals surface area contributed by atoms with Crippen molar-refractivity contribution >= 4 is 10.1 Å². The van der Waals surface area contributed by atoms with Crippen LogP contribution < -0.4 is 11.3 Å². The fraction of sp³-hybridized carbons (Fsp3) is 0.400. The van der Waals surface area contributed by atoms with Crippen LogP contribution in [0.1, 0.15) is 11.1 Å². The van der Waals surface area contributed by atoms with E-state index in [1.807, 2.05) is 0 Å². The van der Waals surface area contributed by atoms with Crippen molar-refractivity contribution < 1.29 is 13.0 Å². The average molecular weight is 244 g/mol. The first-order valence-corrected chi connectivity index (χ1v) is 6.70. The molecule has 1 aromatic carbocycles. The molecule has 0 bridgehead atoms. The minimum atomic E-state index is -3.67. The van der Waals surface area contributed by atoms with Crippen LogP contribution in [0.2, 0.25) is 0 Å². The first kappa shape index (κ1) is 13.1. The van der Waals surface area contributed by atoms with Crippen molar-refractivity contribution in [3.05, 3.63) is 35.4 Å². The second-order valence-electron chi connectivity index (χ2n) is 3.77. The highest BCUT2D eigenvalue weighted by molar-refractivity contribution is 7.85. The molecule has 0 aliphatic heterocycles. The van der Waals surface area contributed by atoms with Crippen molar-refractivity contribution in [2.24, 2.45) is 5.84 Å². The molecule has 0 heterocycles. The molecule has 0 atom stereocenters. The summed E-state index contributed by atoms with van der Waals surface area (Å²) in [5.74, 6) is 5.36. The minimum Gasteiger partial charge on any atom is -0.286 e. The molecule has 6 heteroatoms. The minimum absolute atomic E-state index is 0.451. The van der Waals surface area contributed by atoms with E-state index < -0.39 is 10.1 Å². The largest absolute Gasteiger partial charge is 0.286 e. The van der Waals surface area contributed by atoms with Crippen molar-refractivity contribution in [1.82, 2.24) is 5.43 Å². The van der Waals surface area contributed by atoms with E-state index in [4.69, 9.17) is 10.4 Å². The van der Waals surface area contributed by atoms with E-state index in [-0.39, 0.29) is 0 Å². The SMILES string of the molecule is CS(=O)(=O)O.NNC1Cc2ccccc2C1. The summed E-state index contributed by atoms with van der Waals surface area (Å²) in [5.41, 5.74) is 5.69. The second kappa shape index (κ2) is 5.40. The third-order valence-electron chi connectivity index (χ3n) is 2.29. The van der Waals surface area contributed by atoms with Crippen LogP contribution in [0.25, 0.3) is 0 Å². The maximum Gasteiger partial charge on any atom is 0.261 e. The molecular weight excluding hydrogens is 228 g/mol. The molecule has 0 radical (unpaired) electrons. The third-order valence-corrected chi connectivity index (χ3v) is 2.29. The smallest absolute Gasteiger partial charge is 0.261 e. The monoisotopic (exact) mass is 244 g/mol. The number of rotatable bonds is 1. The highest BCUT2D eigenvalue weighted by atomic mass is 32.2. The predicted octanol–water partition coefficient (Wildman–Crippen LogP) is 0.121. The van der Waals surface area contributed by atoms with Gasteiger partial charge in [0.05, 0.1) is 6.26 Å². The molecule has 2 rings (SSSR count). The van der Waals surface area contributed by atoms with Crippen molar-refractivity contribution in [2.45, 2.75) is 18.9 Å². The lowest BCUT2D eigenvalue weighted by molar-refractivity contribution is 0.490. The fourth-order valence-corrected chi connectivity index (χ4v) is 1.68. The summed E-state index contributed by atoms with van der Waals surface area (Å²) in [4.78, 5) is 0. The van der Waals surface area contributed by atoms with Crippen LogP contribution in [0.5, 0.6) is 0 Å².